The first kappa shape index (κ1) is 8.06. The normalized spacial score (nSPS) is 21.9. The van der Waals surface area contributed by atoms with Crippen molar-refractivity contribution >= 4 is 11.0 Å². The number of fused-ring (bicyclic) bond motifs is 1. The van der Waals surface area contributed by atoms with E-state index in [1.807, 2.05) is 18.4 Å². The maximum atomic E-state index is 5.53. The SMILES string of the molecule is c1ccc2c([C@@H]3CCNC3)coc2c1. The smallest absolute Gasteiger partial charge is 0.134 e. The highest BCUT2D eigenvalue weighted by Gasteiger charge is 2.20. The van der Waals surface area contributed by atoms with E-state index in [0.717, 1.165) is 18.7 Å². The Morgan fingerprint density at radius 1 is 1.29 bits per heavy atom. The van der Waals surface area contributed by atoms with E-state index < -0.39 is 0 Å². The van der Waals surface area contributed by atoms with E-state index in [1.54, 1.807) is 0 Å². The van der Waals surface area contributed by atoms with Gasteiger partial charge in [-0.05, 0) is 19.0 Å². The molecule has 72 valence electrons. The Labute approximate surface area is 82.9 Å². The van der Waals surface area contributed by atoms with Crippen LogP contribution in [0.25, 0.3) is 11.0 Å². The number of benzene rings is 1. The molecule has 2 aromatic rings. The van der Waals surface area contributed by atoms with Crippen LogP contribution in [0.2, 0.25) is 0 Å². The Morgan fingerprint density at radius 3 is 3.07 bits per heavy atom. The first-order chi connectivity index (χ1) is 6.95. The lowest BCUT2D eigenvalue weighted by Gasteiger charge is -2.04. The van der Waals surface area contributed by atoms with Crippen molar-refractivity contribution in [2.45, 2.75) is 12.3 Å². The average molecular weight is 187 g/mol. The van der Waals surface area contributed by atoms with Gasteiger partial charge in [-0.25, -0.2) is 0 Å². The van der Waals surface area contributed by atoms with Crippen LogP contribution in [0.1, 0.15) is 17.9 Å². The summed E-state index contributed by atoms with van der Waals surface area (Å²) in [6, 6.07) is 8.26. The zero-order chi connectivity index (χ0) is 9.38. The number of hydrogen-bond donors (Lipinski definition) is 1. The Hall–Kier alpha value is -1.28. The summed E-state index contributed by atoms with van der Waals surface area (Å²) in [4.78, 5) is 0. The summed E-state index contributed by atoms with van der Waals surface area (Å²) in [6.45, 7) is 2.22. The fourth-order valence-electron chi connectivity index (χ4n) is 2.23. The molecule has 2 heterocycles. The number of furan rings is 1. The number of hydrogen-bond acceptors (Lipinski definition) is 2. The molecule has 1 atom stereocenters. The van der Waals surface area contributed by atoms with E-state index in [2.05, 4.69) is 17.4 Å². The summed E-state index contributed by atoms with van der Waals surface area (Å²) in [5.74, 6) is 0.638. The summed E-state index contributed by atoms with van der Waals surface area (Å²) in [5.41, 5.74) is 2.38. The lowest BCUT2D eigenvalue weighted by Crippen LogP contribution is -2.07. The van der Waals surface area contributed by atoms with Crippen LogP contribution >= 0.6 is 0 Å². The first-order valence-corrected chi connectivity index (χ1v) is 5.12. The van der Waals surface area contributed by atoms with Gasteiger partial charge in [0.15, 0.2) is 0 Å². The third-order valence-corrected chi connectivity index (χ3v) is 3.01. The van der Waals surface area contributed by atoms with Crippen molar-refractivity contribution in [1.82, 2.24) is 5.32 Å². The van der Waals surface area contributed by atoms with Crippen molar-refractivity contribution in [2.75, 3.05) is 13.1 Å². The molecule has 3 rings (SSSR count). The Balaban J connectivity index is 2.11. The fourth-order valence-corrected chi connectivity index (χ4v) is 2.23. The molecule has 14 heavy (non-hydrogen) atoms. The maximum absolute atomic E-state index is 5.53. The lowest BCUT2D eigenvalue weighted by molar-refractivity contribution is 0.602. The molecular weight excluding hydrogens is 174 g/mol. The van der Waals surface area contributed by atoms with Gasteiger partial charge in [-0.1, -0.05) is 18.2 Å². The molecular formula is C12H13NO. The third-order valence-electron chi connectivity index (χ3n) is 3.01. The minimum absolute atomic E-state index is 0.638. The van der Waals surface area contributed by atoms with E-state index in [1.165, 1.54) is 17.4 Å². The molecule has 2 heteroatoms. The van der Waals surface area contributed by atoms with Gasteiger partial charge in [0.05, 0.1) is 6.26 Å². The fraction of sp³-hybridized carbons (Fsp3) is 0.333. The predicted molar refractivity (Wildman–Crippen MR) is 56.4 cm³/mol. The van der Waals surface area contributed by atoms with E-state index in [4.69, 9.17) is 4.42 Å². The predicted octanol–water partition coefficient (Wildman–Crippen LogP) is 2.51. The number of rotatable bonds is 1. The van der Waals surface area contributed by atoms with Gasteiger partial charge < -0.3 is 9.73 Å². The van der Waals surface area contributed by atoms with Gasteiger partial charge in [0.1, 0.15) is 5.58 Å². The minimum Gasteiger partial charge on any atom is -0.464 e. The summed E-state index contributed by atoms with van der Waals surface area (Å²) < 4.78 is 5.53. The molecule has 1 aliphatic rings. The highest BCUT2D eigenvalue weighted by atomic mass is 16.3. The lowest BCUT2D eigenvalue weighted by atomic mass is 9.98. The summed E-state index contributed by atoms with van der Waals surface area (Å²) >= 11 is 0. The summed E-state index contributed by atoms with van der Waals surface area (Å²) in [5, 5.41) is 4.66. The first-order valence-electron chi connectivity index (χ1n) is 5.12. The number of para-hydroxylation sites is 1. The zero-order valence-corrected chi connectivity index (χ0v) is 7.99. The molecule has 0 radical (unpaired) electrons. The van der Waals surface area contributed by atoms with E-state index in [0.29, 0.717) is 5.92 Å². The summed E-state index contributed by atoms with van der Waals surface area (Å²) in [7, 11) is 0. The van der Waals surface area contributed by atoms with Gasteiger partial charge in [0.2, 0.25) is 0 Å². The molecule has 1 N–H and O–H groups in total. The van der Waals surface area contributed by atoms with Crippen molar-refractivity contribution in [3.63, 3.8) is 0 Å². The van der Waals surface area contributed by atoms with Crippen LogP contribution in [-0.4, -0.2) is 13.1 Å². The quantitative estimate of drug-likeness (QED) is 0.742. The van der Waals surface area contributed by atoms with E-state index >= 15 is 0 Å². The second-order valence-corrected chi connectivity index (χ2v) is 3.88. The largest absolute Gasteiger partial charge is 0.464 e. The van der Waals surface area contributed by atoms with Crippen molar-refractivity contribution < 1.29 is 4.42 Å². The Kier molecular flexibility index (Phi) is 1.81. The molecule has 0 amide bonds. The molecule has 0 unspecified atom stereocenters. The molecule has 0 aliphatic carbocycles. The average Bonchev–Trinajstić information content (AvgIpc) is 2.85. The number of nitrogens with one attached hydrogen (secondary N) is 1. The van der Waals surface area contributed by atoms with Crippen molar-refractivity contribution in [3.8, 4) is 0 Å². The van der Waals surface area contributed by atoms with Crippen molar-refractivity contribution in [1.29, 1.82) is 0 Å². The van der Waals surface area contributed by atoms with Gasteiger partial charge in [0, 0.05) is 23.4 Å². The van der Waals surface area contributed by atoms with Crippen LogP contribution in [0.4, 0.5) is 0 Å². The van der Waals surface area contributed by atoms with Gasteiger partial charge in [-0.2, -0.15) is 0 Å². The van der Waals surface area contributed by atoms with Gasteiger partial charge in [0.25, 0.3) is 0 Å². The topological polar surface area (TPSA) is 25.2 Å². The van der Waals surface area contributed by atoms with Gasteiger partial charge in [-0.15, -0.1) is 0 Å². The molecule has 1 fully saturated rings. The second-order valence-electron chi connectivity index (χ2n) is 3.88. The molecule has 0 saturated carbocycles. The molecule has 0 bridgehead atoms. The molecule has 1 aromatic heterocycles. The zero-order valence-electron chi connectivity index (χ0n) is 7.99. The molecule has 1 aromatic carbocycles. The summed E-state index contributed by atoms with van der Waals surface area (Å²) in [6.07, 6.45) is 3.14. The van der Waals surface area contributed by atoms with Crippen LogP contribution in [0, 0.1) is 0 Å². The molecule has 2 nitrogen and oxygen atoms in total. The molecule has 1 aliphatic heterocycles. The highest BCUT2D eigenvalue weighted by molar-refractivity contribution is 5.81. The second kappa shape index (κ2) is 3.14. The molecule has 1 saturated heterocycles. The van der Waals surface area contributed by atoms with Crippen LogP contribution in [-0.2, 0) is 0 Å². The van der Waals surface area contributed by atoms with Gasteiger partial charge in [-0.3, -0.25) is 0 Å². The van der Waals surface area contributed by atoms with Gasteiger partial charge >= 0.3 is 0 Å². The maximum Gasteiger partial charge on any atom is 0.134 e. The Morgan fingerprint density at radius 2 is 2.21 bits per heavy atom. The van der Waals surface area contributed by atoms with Crippen LogP contribution in [0.15, 0.2) is 34.9 Å². The standard InChI is InChI=1S/C12H13NO/c1-2-4-12-10(3-1)11(8-14-12)9-5-6-13-7-9/h1-4,8-9,13H,5-7H2/t9-/m1/s1. The van der Waals surface area contributed by atoms with Crippen LogP contribution in [0.3, 0.4) is 0 Å². The monoisotopic (exact) mass is 187 g/mol. The highest BCUT2D eigenvalue weighted by Crippen LogP contribution is 2.30. The van der Waals surface area contributed by atoms with Crippen molar-refractivity contribution in [3.05, 3.63) is 36.1 Å². The van der Waals surface area contributed by atoms with E-state index in [-0.39, 0.29) is 0 Å². The van der Waals surface area contributed by atoms with Crippen LogP contribution in [0.5, 0.6) is 0 Å². The van der Waals surface area contributed by atoms with Crippen molar-refractivity contribution in [2.24, 2.45) is 0 Å². The van der Waals surface area contributed by atoms with Crippen LogP contribution < -0.4 is 5.32 Å². The minimum atomic E-state index is 0.638. The Bertz CT molecular complexity index is 440. The third kappa shape index (κ3) is 1.15. The van der Waals surface area contributed by atoms with E-state index in [9.17, 15) is 0 Å². The molecule has 0 spiro atoms.